The molecule has 0 aliphatic carbocycles. The van der Waals surface area contributed by atoms with Crippen molar-refractivity contribution in [2.24, 2.45) is 5.73 Å². The lowest BCUT2D eigenvalue weighted by Gasteiger charge is -2.05. The molecule has 2 heteroatoms. The highest BCUT2D eigenvalue weighted by atomic mass is 16.5. The number of terminal acetylenes is 1. The van der Waals surface area contributed by atoms with Crippen molar-refractivity contribution in [1.29, 1.82) is 0 Å². The Bertz CT molecular complexity index is 106. The molecule has 0 heterocycles. The van der Waals surface area contributed by atoms with Crippen LogP contribution in [0.15, 0.2) is 0 Å². The summed E-state index contributed by atoms with van der Waals surface area (Å²) < 4.78 is 4.86. The predicted octanol–water partition coefficient (Wildman–Crippen LogP) is 0.764. The highest BCUT2D eigenvalue weighted by molar-refractivity contribution is 4.88. The molecule has 0 saturated carbocycles. The first-order valence-corrected chi connectivity index (χ1v) is 3.49. The van der Waals surface area contributed by atoms with Crippen LogP contribution in [0.2, 0.25) is 0 Å². The lowest BCUT2D eigenvalue weighted by molar-refractivity contribution is 0.190. The van der Waals surface area contributed by atoms with Crippen molar-refractivity contribution in [2.45, 2.75) is 25.3 Å². The van der Waals surface area contributed by atoms with E-state index in [4.69, 9.17) is 16.9 Å². The summed E-state index contributed by atoms with van der Waals surface area (Å²) in [6.45, 7) is 0.776. The summed E-state index contributed by atoms with van der Waals surface area (Å²) in [6, 6.07) is 0.153. The van der Waals surface area contributed by atoms with Crippen molar-refractivity contribution in [2.75, 3.05) is 13.7 Å². The summed E-state index contributed by atoms with van der Waals surface area (Å²) in [5.74, 6) is 2.53. The predicted molar refractivity (Wildman–Crippen MR) is 42.5 cm³/mol. The summed E-state index contributed by atoms with van der Waals surface area (Å²) in [7, 11) is 1.69. The minimum absolute atomic E-state index is 0.153. The second-order valence-corrected chi connectivity index (χ2v) is 2.30. The number of rotatable bonds is 5. The van der Waals surface area contributed by atoms with Crippen LogP contribution in [-0.4, -0.2) is 19.8 Å². The van der Waals surface area contributed by atoms with E-state index in [2.05, 4.69) is 5.92 Å². The van der Waals surface area contributed by atoms with Crippen LogP contribution in [0.4, 0.5) is 0 Å². The molecule has 0 aliphatic heterocycles. The summed E-state index contributed by atoms with van der Waals surface area (Å²) in [4.78, 5) is 0. The minimum Gasteiger partial charge on any atom is -0.385 e. The van der Waals surface area contributed by atoms with Crippen molar-refractivity contribution < 1.29 is 4.74 Å². The molecule has 0 fully saturated rings. The maximum absolute atomic E-state index is 5.63. The maximum Gasteiger partial charge on any atom is 0.0462 e. The lowest BCUT2D eigenvalue weighted by Crippen LogP contribution is -2.19. The third-order valence-electron chi connectivity index (χ3n) is 1.30. The van der Waals surface area contributed by atoms with Crippen molar-refractivity contribution in [3.05, 3.63) is 0 Å². The Kier molecular flexibility index (Phi) is 6.25. The fourth-order valence-corrected chi connectivity index (χ4v) is 0.743. The highest BCUT2D eigenvalue weighted by Gasteiger charge is 1.98. The van der Waals surface area contributed by atoms with E-state index in [9.17, 15) is 0 Å². The van der Waals surface area contributed by atoms with Gasteiger partial charge in [-0.3, -0.25) is 0 Å². The largest absolute Gasteiger partial charge is 0.385 e. The van der Waals surface area contributed by atoms with Gasteiger partial charge in [0.05, 0.1) is 0 Å². The third kappa shape index (κ3) is 5.61. The van der Waals surface area contributed by atoms with Crippen molar-refractivity contribution in [3.63, 3.8) is 0 Å². The Morgan fingerprint density at radius 2 is 2.40 bits per heavy atom. The summed E-state index contributed by atoms with van der Waals surface area (Å²) in [6.07, 6.45) is 7.70. The molecule has 58 valence electrons. The molecule has 0 aromatic carbocycles. The molecule has 0 saturated heterocycles. The van der Waals surface area contributed by atoms with Crippen molar-refractivity contribution in [1.82, 2.24) is 0 Å². The minimum atomic E-state index is 0.153. The highest BCUT2D eigenvalue weighted by Crippen LogP contribution is 1.97. The van der Waals surface area contributed by atoms with Crippen LogP contribution in [-0.2, 0) is 4.74 Å². The average Bonchev–Trinajstić information content (AvgIpc) is 1.89. The van der Waals surface area contributed by atoms with Gasteiger partial charge in [0.2, 0.25) is 0 Å². The monoisotopic (exact) mass is 141 g/mol. The molecule has 0 rings (SSSR count). The zero-order valence-electron chi connectivity index (χ0n) is 6.47. The van der Waals surface area contributed by atoms with Gasteiger partial charge in [0.15, 0.2) is 0 Å². The zero-order valence-corrected chi connectivity index (χ0v) is 6.47. The Morgan fingerprint density at radius 1 is 1.70 bits per heavy atom. The molecule has 2 N–H and O–H groups in total. The van der Waals surface area contributed by atoms with Crippen molar-refractivity contribution in [3.8, 4) is 12.3 Å². The van der Waals surface area contributed by atoms with Gasteiger partial charge in [-0.2, -0.15) is 0 Å². The van der Waals surface area contributed by atoms with E-state index < -0.39 is 0 Å². The van der Waals surface area contributed by atoms with E-state index in [1.165, 1.54) is 0 Å². The van der Waals surface area contributed by atoms with Gasteiger partial charge in [0.1, 0.15) is 0 Å². The number of ether oxygens (including phenoxy) is 1. The van der Waals surface area contributed by atoms with Gasteiger partial charge in [-0.25, -0.2) is 0 Å². The first kappa shape index (κ1) is 9.48. The number of hydrogen-bond donors (Lipinski definition) is 1. The Balaban J connectivity index is 3.06. The number of nitrogens with two attached hydrogens (primary N) is 1. The maximum atomic E-state index is 5.63. The van der Waals surface area contributed by atoms with Gasteiger partial charge in [0, 0.05) is 26.2 Å². The van der Waals surface area contributed by atoms with Crippen LogP contribution >= 0.6 is 0 Å². The van der Waals surface area contributed by atoms with Crippen LogP contribution in [0, 0.1) is 12.3 Å². The third-order valence-corrected chi connectivity index (χ3v) is 1.30. The zero-order chi connectivity index (χ0) is 7.82. The quantitative estimate of drug-likeness (QED) is 0.453. The van der Waals surface area contributed by atoms with Gasteiger partial charge >= 0.3 is 0 Å². The summed E-state index contributed by atoms with van der Waals surface area (Å²) in [5.41, 5.74) is 5.63. The smallest absolute Gasteiger partial charge is 0.0462 e. The molecule has 1 unspecified atom stereocenters. The molecule has 0 amide bonds. The number of methoxy groups -OCH3 is 1. The first-order chi connectivity index (χ1) is 4.81. The average molecular weight is 141 g/mol. The Hall–Kier alpha value is -0.520. The fourth-order valence-electron chi connectivity index (χ4n) is 0.743. The molecule has 0 spiro atoms. The van der Waals surface area contributed by atoms with Gasteiger partial charge in [-0.1, -0.05) is 0 Å². The fraction of sp³-hybridized carbons (Fsp3) is 0.750. The van der Waals surface area contributed by atoms with Crippen LogP contribution in [0.25, 0.3) is 0 Å². The Labute approximate surface area is 62.7 Å². The van der Waals surface area contributed by atoms with Crippen LogP contribution < -0.4 is 5.73 Å². The number of hydrogen-bond acceptors (Lipinski definition) is 2. The molecule has 1 atom stereocenters. The molecule has 0 aromatic rings. The van der Waals surface area contributed by atoms with Gasteiger partial charge < -0.3 is 10.5 Å². The lowest BCUT2D eigenvalue weighted by atomic mass is 10.1. The van der Waals surface area contributed by atoms with Gasteiger partial charge in [-0.05, 0) is 12.8 Å². The van der Waals surface area contributed by atoms with E-state index in [0.29, 0.717) is 6.42 Å². The van der Waals surface area contributed by atoms with Crippen molar-refractivity contribution >= 4 is 0 Å². The second-order valence-electron chi connectivity index (χ2n) is 2.30. The molecule has 0 aromatic heterocycles. The molecule has 0 radical (unpaired) electrons. The van der Waals surface area contributed by atoms with E-state index in [0.717, 1.165) is 19.4 Å². The Morgan fingerprint density at radius 3 is 2.90 bits per heavy atom. The van der Waals surface area contributed by atoms with E-state index in [-0.39, 0.29) is 6.04 Å². The molecule has 0 bridgehead atoms. The standard InChI is InChI=1S/C8H15NO/c1-3-5-8(9)6-4-7-10-2/h1,8H,4-7,9H2,2H3. The molecular formula is C8H15NO. The topological polar surface area (TPSA) is 35.2 Å². The SMILES string of the molecule is C#CCC(N)CCCOC. The normalized spacial score (nSPS) is 12.5. The van der Waals surface area contributed by atoms with Crippen LogP contribution in [0.5, 0.6) is 0 Å². The molecular weight excluding hydrogens is 126 g/mol. The van der Waals surface area contributed by atoms with Crippen LogP contribution in [0.3, 0.4) is 0 Å². The first-order valence-electron chi connectivity index (χ1n) is 3.49. The summed E-state index contributed by atoms with van der Waals surface area (Å²) in [5, 5.41) is 0. The molecule has 10 heavy (non-hydrogen) atoms. The summed E-state index contributed by atoms with van der Waals surface area (Å²) >= 11 is 0. The second kappa shape index (κ2) is 6.60. The van der Waals surface area contributed by atoms with Crippen LogP contribution in [0.1, 0.15) is 19.3 Å². The van der Waals surface area contributed by atoms with E-state index in [1.807, 2.05) is 0 Å². The van der Waals surface area contributed by atoms with Gasteiger partial charge in [0.25, 0.3) is 0 Å². The molecule has 0 aliphatic rings. The van der Waals surface area contributed by atoms with Gasteiger partial charge in [-0.15, -0.1) is 12.3 Å². The molecule has 2 nitrogen and oxygen atoms in total. The van der Waals surface area contributed by atoms with E-state index in [1.54, 1.807) is 7.11 Å². The van der Waals surface area contributed by atoms with E-state index >= 15 is 0 Å².